The van der Waals surface area contributed by atoms with Crippen LogP contribution >= 0.6 is 0 Å². The summed E-state index contributed by atoms with van der Waals surface area (Å²) in [6.45, 7) is 5.60. The lowest BCUT2D eigenvalue weighted by Crippen LogP contribution is -2.10. The van der Waals surface area contributed by atoms with Gasteiger partial charge >= 0.3 is 0 Å². The van der Waals surface area contributed by atoms with Crippen molar-refractivity contribution in [1.29, 1.82) is 0 Å². The topological polar surface area (TPSA) is 18.5 Å². The van der Waals surface area contributed by atoms with Gasteiger partial charge in [-0.2, -0.15) is 0 Å². The molecule has 2 aromatic rings. The van der Waals surface area contributed by atoms with Crippen LogP contribution in [0.2, 0.25) is 0 Å². The first kappa shape index (κ1) is 19.7. The van der Waals surface area contributed by atoms with Crippen molar-refractivity contribution in [3.8, 4) is 0 Å². The fraction of sp³-hybridized carbons (Fsp3) is 0.478. The zero-order valence-electron chi connectivity index (χ0n) is 15.5. The molecule has 0 aliphatic carbocycles. The molecule has 0 spiro atoms. The van der Waals surface area contributed by atoms with Crippen LogP contribution in [0, 0.1) is 5.92 Å². The van der Waals surface area contributed by atoms with Crippen LogP contribution in [-0.2, 0) is 22.3 Å². The highest BCUT2D eigenvalue weighted by atomic mass is 16.5. The molecule has 0 amide bonds. The Labute approximate surface area is 153 Å². The van der Waals surface area contributed by atoms with Gasteiger partial charge in [-0.05, 0) is 49.1 Å². The number of hydrogen-bond donors (Lipinski definition) is 0. The molecular formula is C23H32O2. The Morgan fingerprint density at radius 2 is 1.20 bits per heavy atom. The average molecular weight is 341 g/mol. The minimum atomic E-state index is 0.561. The van der Waals surface area contributed by atoms with E-state index >= 15 is 0 Å². The lowest BCUT2D eigenvalue weighted by molar-refractivity contribution is 0.0741. The molecule has 0 saturated heterocycles. The normalized spacial score (nSPS) is 12.2. The fourth-order valence-electron chi connectivity index (χ4n) is 2.80. The van der Waals surface area contributed by atoms with Gasteiger partial charge in [-0.25, -0.2) is 0 Å². The maximum atomic E-state index is 5.80. The van der Waals surface area contributed by atoms with E-state index in [2.05, 4.69) is 67.6 Å². The van der Waals surface area contributed by atoms with E-state index in [1.807, 2.05) is 0 Å². The predicted molar refractivity (Wildman–Crippen MR) is 105 cm³/mol. The van der Waals surface area contributed by atoms with Crippen molar-refractivity contribution in [3.63, 3.8) is 0 Å². The molecule has 136 valence electrons. The highest BCUT2D eigenvalue weighted by molar-refractivity contribution is 5.15. The first-order chi connectivity index (χ1) is 12.3. The molecular weight excluding hydrogens is 308 g/mol. The maximum absolute atomic E-state index is 5.80. The molecule has 0 aliphatic heterocycles. The van der Waals surface area contributed by atoms with Crippen molar-refractivity contribution in [2.24, 2.45) is 5.92 Å². The van der Waals surface area contributed by atoms with Crippen LogP contribution in [0.5, 0.6) is 0 Å². The van der Waals surface area contributed by atoms with Crippen LogP contribution < -0.4 is 0 Å². The van der Waals surface area contributed by atoms with Crippen LogP contribution in [0.15, 0.2) is 60.7 Å². The van der Waals surface area contributed by atoms with E-state index in [0.717, 1.165) is 58.5 Å². The fourth-order valence-corrected chi connectivity index (χ4v) is 2.80. The quantitative estimate of drug-likeness (QED) is 0.460. The summed E-state index contributed by atoms with van der Waals surface area (Å²) in [4.78, 5) is 0. The van der Waals surface area contributed by atoms with Gasteiger partial charge in [0.25, 0.3) is 0 Å². The summed E-state index contributed by atoms with van der Waals surface area (Å²) in [6, 6.07) is 21.2. The van der Waals surface area contributed by atoms with Crippen molar-refractivity contribution >= 4 is 0 Å². The lowest BCUT2D eigenvalue weighted by atomic mass is 10.1. The molecule has 2 nitrogen and oxygen atoms in total. The zero-order chi connectivity index (χ0) is 17.6. The van der Waals surface area contributed by atoms with Gasteiger partial charge in [0, 0.05) is 26.4 Å². The van der Waals surface area contributed by atoms with Crippen LogP contribution in [-0.4, -0.2) is 26.4 Å². The number of aryl methyl sites for hydroxylation is 2. The van der Waals surface area contributed by atoms with E-state index in [-0.39, 0.29) is 0 Å². The zero-order valence-corrected chi connectivity index (χ0v) is 15.5. The summed E-state index contributed by atoms with van der Waals surface area (Å²) in [6.07, 6.45) is 5.45. The molecule has 1 unspecified atom stereocenters. The number of hydrogen-bond acceptors (Lipinski definition) is 2. The molecule has 2 aromatic carbocycles. The second-order valence-electron chi connectivity index (χ2n) is 6.76. The first-order valence-corrected chi connectivity index (χ1v) is 9.58. The third kappa shape index (κ3) is 9.42. The van der Waals surface area contributed by atoms with Gasteiger partial charge in [-0.3, -0.25) is 0 Å². The molecule has 2 heteroatoms. The monoisotopic (exact) mass is 340 g/mol. The lowest BCUT2D eigenvalue weighted by Gasteiger charge is -2.12. The van der Waals surface area contributed by atoms with Crippen molar-refractivity contribution < 1.29 is 9.47 Å². The summed E-state index contributed by atoms with van der Waals surface area (Å²) in [5.41, 5.74) is 2.78. The number of rotatable bonds is 13. The Morgan fingerprint density at radius 1 is 0.680 bits per heavy atom. The van der Waals surface area contributed by atoms with Gasteiger partial charge in [0.2, 0.25) is 0 Å². The maximum Gasteiger partial charge on any atom is 0.0492 e. The summed E-state index contributed by atoms with van der Waals surface area (Å²) in [5.74, 6) is 0.561. The van der Waals surface area contributed by atoms with Gasteiger partial charge in [-0.1, -0.05) is 67.6 Å². The highest BCUT2D eigenvalue weighted by Crippen LogP contribution is 2.07. The average Bonchev–Trinajstić information content (AvgIpc) is 2.66. The van der Waals surface area contributed by atoms with E-state index in [0.29, 0.717) is 5.92 Å². The molecule has 25 heavy (non-hydrogen) atoms. The molecule has 2 rings (SSSR count). The smallest absolute Gasteiger partial charge is 0.0492 e. The number of ether oxygens (including phenoxy) is 2. The van der Waals surface area contributed by atoms with E-state index < -0.39 is 0 Å². The second kappa shape index (κ2) is 12.7. The van der Waals surface area contributed by atoms with E-state index in [1.54, 1.807) is 0 Å². The van der Waals surface area contributed by atoms with Gasteiger partial charge in [0.15, 0.2) is 0 Å². The number of benzene rings is 2. The van der Waals surface area contributed by atoms with E-state index in [1.165, 1.54) is 11.1 Å². The third-order valence-electron chi connectivity index (χ3n) is 4.35. The van der Waals surface area contributed by atoms with E-state index in [4.69, 9.17) is 9.47 Å². The van der Waals surface area contributed by atoms with Crippen molar-refractivity contribution in [2.75, 3.05) is 26.4 Å². The molecule has 0 radical (unpaired) electrons. The van der Waals surface area contributed by atoms with Gasteiger partial charge in [-0.15, -0.1) is 0 Å². The predicted octanol–water partition coefficient (Wildman–Crippen LogP) is 5.31. The van der Waals surface area contributed by atoms with Crippen molar-refractivity contribution in [2.45, 2.75) is 39.0 Å². The summed E-state index contributed by atoms with van der Waals surface area (Å²) >= 11 is 0. The molecule has 1 atom stereocenters. The standard InChI is InChI=1S/C23H32O2/c1-21(20-25-18-9-15-23-12-6-3-7-13-23)16-19-24-17-8-14-22-10-4-2-5-11-22/h2-7,10-13,21H,8-9,14-20H2,1H3. The Morgan fingerprint density at radius 3 is 1.76 bits per heavy atom. The van der Waals surface area contributed by atoms with E-state index in [9.17, 15) is 0 Å². The SMILES string of the molecule is CC(CCOCCCc1ccccc1)COCCCc1ccccc1. The van der Waals surface area contributed by atoms with Crippen LogP contribution in [0.3, 0.4) is 0 Å². The van der Waals surface area contributed by atoms with Crippen molar-refractivity contribution in [3.05, 3.63) is 71.8 Å². The van der Waals surface area contributed by atoms with Gasteiger partial charge in [0.05, 0.1) is 0 Å². The summed E-state index contributed by atoms with van der Waals surface area (Å²) in [7, 11) is 0. The third-order valence-corrected chi connectivity index (χ3v) is 4.35. The molecule has 0 heterocycles. The van der Waals surface area contributed by atoms with Gasteiger partial charge < -0.3 is 9.47 Å². The Kier molecular flexibility index (Phi) is 9.99. The molecule has 0 aliphatic rings. The van der Waals surface area contributed by atoms with Crippen molar-refractivity contribution in [1.82, 2.24) is 0 Å². The minimum Gasteiger partial charge on any atom is -0.381 e. The summed E-state index contributed by atoms with van der Waals surface area (Å²) < 4.78 is 11.6. The van der Waals surface area contributed by atoms with Crippen LogP contribution in [0.4, 0.5) is 0 Å². The van der Waals surface area contributed by atoms with Gasteiger partial charge in [0.1, 0.15) is 0 Å². The Balaban J connectivity index is 1.39. The second-order valence-corrected chi connectivity index (χ2v) is 6.76. The highest BCUT2D eigenvalue weighted by Gasteiger charge is 2.03. The van der Waals surface area contributed by atoms with Crippen LogP contribution in [0.25, 0.3) is 0 Å². The Hall–Kier alpha value is -1.64. The first-order valence-electron chi connectivity index (χ1n) is 9.58. The molecule has 0 N–H and O–H groups in total. The van der Waals surface area contributed by atoms with Crippen LogP contribution in [0.1, 0.15) is 37.3 Å². The summed E-state index contributed by atoms with van der Waals surface area (Å²) in [5, 5.41) is 0. The minimum absolute atomic E-state index is 0.561. The molecule has 0 bridgehead atoms. The Bertz CT molecular complexity index is 539. The molecule has 0 saturated carbocycles. The largest absolute Gasteiger partial charge is 0.381 e. The molecule has 0 aromatic heterocycles. The molecule has 0 fully saturated rings.